The molecule has 19 heavy (non-hydrogen) atoms. The van der Waals surface area contributed by atoms with Gasteiger partial charge in [0, 0.05) is 17.7 Å². The molecule has 0 aromatic carbocycles. The van der Waals surface area contributed by atoms with Crippen LogP contribution in [0.4, 0.5) is 8.78 Å². The van der Waals surface area contributed by atoms with E-state index in [2.05, 4.69) is 23.8 Å². The van der Waals surface area contributed by atoms with Crippen molar-refractivity contribution in [2.24, 2.45) is 5.41 Å². The van der Waals surface area contributed by atoms with Gasteiger partial charge < -0.3 is 0 Å². The van der Waals surface area contributed by atoms with Crippen LogP contribution >= 0.6 is 11.6 Å². The monoisotopic (exact) mass is 288 g/mol. The number of aromatic nitrogens is 2. The maximum absolute atomic E-state index is 12.9. The summed E-state index contributed by atoms with van der Waals surface area (Å²) in [4.78, 5) is 8.30. The van der Waals surface area contributed by atoms with Gasteiger partial charge >= 0.3 is 0 Å². The Labute approximate surface area is 117 Å². The lowest BCUT2D eigenvalue weighted by atomic mass is 9.73. The van der Waals surface area contributed by atoms with Crippen LogP contribution in [0.1, 0.15) is 69.0 Å². The van der Waals surface area contributed by atoms with Gasteiger partial charge in [0.1, 0.15) is 11.5 Å². The van der Waals surface area contributed by atoms with Crippen LogP contribution in [0.3, 0.4) is 0 Å². The SMILES string of the molecule is CC1(C)CCC(c2ncc(CCl)c(C(F)F)n2)CC1. The minimum atomic E-state index is -2.59. The normalized spacial score (nSPS) is 19.9. The maximum atomic E-state index is 12.9. The first-order valence-corrected chi connectivity index (χ1v) is 7.16. The van der Waals surface area contributed by atoms with Gasteiger partial charge in [-0.1, -0.05) is 13.8 Å². The molecule has 0 atom stereocenters. The van der Waals surface area contributed by atoms with Gasteiger partial charge in [-0.3, -0.25) is 0 Å². The van der Waals surface area contributed by atoms with Crippen molar-refractivity contribution < 1.29 is 8.78 Å². The number of rotatable bonds is 3. The third-order valence-corrected chi connectivity index (χ3v) is 4.26. The Morgan fingerprint density at radius 1 is 1.37 bits per heavy atom. The number of alkyl halides is 3. The summed E-state index contributed by atoms with van der Waals surface area (Å²) in [5.41, 5.74) is 0.472. The highest BCUT2D eigenvalue weighted by Crippen LogP contribution is 2.41. The van der Waals surface area contributed by atoms with Gasteiger partial charge in [0.2, 0.25) is 0 Å². The fourth-order valence-electron chi connectivity index (χ4n) is 2.58. The number of nitrogens with zero attached hydrogens (tertiary/aromatic N) is 2. The highest BCUT2D eigenvalue weighted by atomic mass is 35.5. The second-order valence-electron chi connectivity index (χ2n) is 6.01. The largest absolute Gasteiger partial charge is 0.280 e. The molecule has 0 spiro atoms. The standard InChI is InChI=1S/C14H19ClF2N2/c1-14(2)5-3-9(4-6-14)13-18-8-10(7-15)11(19-13)12(16)17/h8-9,12H,3-7H2,1-2H3. The molecule has 1 aromatic heterocycles. The van der Waals surface area contributed by atoms with Gasteiger partial charge in [-0.2, -0.15) is 0 Å². The fraction of sp³-hybridized carbons (Fsp3) is 0.714. The lowest BCUT2D eigenvalue weighted by molar-refractivity contribution is 0.143. The summed E-state index contributed by atoms with van der Waals surface area (Å²) in [6, 6.07) is 0. The molecular formula is C14H19ClF2N2. The lowest BCUT2D eigenvalue weighted by Gasteiger charge is -2.33. The zero-order valence-corrected chi connectivity index (χ0v) is 12.1. The molecule has 1 aliphatic carbocycles. The van der Waals surface area contributed by atoms with E-state index in [0.29, 0.717) is 16.8 Å². The molecule has 0 saturated heterocycles. The third-order valence-electron chi connectivity index (χ3n) is 3.97. The summed E-state index contributed by atoms with van der Waals surface area (Å²) in [7, 11) is 0. The first-order chi connectivity index (χ1) is 8.93. The minimum Gasteiger partial charge on any atom is -0.241 e. The van der Waals surface area contributed by atoms with Crippen molar-refractivity contribution in [2.45, 2.75) is 57.8 Å². The summed E-state index contributed by atoms with van der Waals surface area (Å²) >= 11 is 5.64. The van der Waals surface area contributed by atoms with E-state index in [9.17, 15) is 8.78 Å². The second kappa shape index (κ2) is 5.70. The zero-order chi connectivity index (χ0) is 14.0. The zero-order valence-electron chi connectivity index (χ0n) is 11.3. The van der Waals surface area contributed by atoms with Crippen molar-refractivity contribution in [1.82, 2.24) is 9.97 Å². The quantitative estimate of drug-likeness (QED) is 0.744. The van der Waals surface area contributed by atoms with Crippen molar-refractivity contribution >= 4 is 11.6 Å². The molecule has 1 saturated carbocycles. The van der Waals surface area contributed by atoms with Gasteiger partial charge in [0.15, 0.2) is 0 Å². The Morgan fingerprint density at radius 2 is 2.00 bits per heavy atom. The van der Waals surface area contributed by atoms with Crippen molar-refractivity contribution in [2.75, 3.05) is 0 Å². The molecule has 1 aliphatic rings. The first-order valence-electron chi connectivity index (χ1n) is 6.63. The third kappa shape index (κ3) is 3.41. The van der Waals surface area contributed by atoms with Crippen molar-refractivity contribution in [3.05, 3.63) is 23.3 Å². The molecule has 1 aromatic rings. The Kier molecular flexibility index (Phi) is 4.39. The molecule has 2 nitrogen and oxygen atoms in total. The molecule has 0 unspecified atom stereocenters. The Bertz CT molecular complexity index is 439. The van der Waals surface area contributed by atoms with Crippen LogP contribution in [0.25, 0.3) is 0 Å². The van der Waals surface area contributed by atoms with Crippen LogP contribution in [-0.2, 0) is 5.88 Å². The molecule has 1 heterocycles. The Morgan fingerprint density at radius 3 is 2.53 bits per heavy atom. The second-order valence-corrected chi connectivity index (χ2v) is 6.28. The summed E-state index contributed by atoms with van der Waals surface area (Å²) in [5.74, 6) is 0.784. The van der Waals surface area contributed by atoms with Crippen LogP contribution in [0, 0.1) is 5.41 Å². The molecule has 0 amide bonds. The van der Waals surface area contributed by atoms with Crippen molar-refractivity contribution in [1.29, 1.82) is 0 Å². The molecule has 1 fully saturated rings. The Balaban J connectivity index is 2.20. The van der Waals surface area contributed by atoms with Crippen molar-refractivity contribution in [3.8, 4) is 0 Å². The van der Waals surface area contributed by atoms with Crippen LogP contribution in [-0.4, -0.2) is 9.97 Å². The maximum Gasteiger partial charge on any atom is 0.280 e. The molecule has 0 N–H and O–H groups in total. The predicted molar refractivity (Wildman–Crippen MR) is 71.5 cm³/mol. The topological polar surface area (TPSA) is 25.8 Å². The lowest BCUT2D eigenvalue weighted by Crippen LogP contribution is -2.21. The van der Waals surface area contributed by atoms with E-state index in [4.69, 9.17) is 11.6 Å². The summed E-state index contributed by atoms with van der Waals surface area (Å²) in [6.07, 6.45) is 2.97. The fourth-order valence-corrected chi connectivity index (χ4v) is 2.79. The summed E-state index contributed by atoms with van der Waals surface area (Å²) in [6.45, 7) is 4.48. The molecule has 106 valence electrons. The summed E-state index contributed by atoms with van der Waals surface area (Å²) in [5, 5.41) is 0. The highest BCUT2D eigenvalue weighted by Gasteiger charge is 2.29. The smallest absolute Gasteiger partial charge is 0.241 e. The van der Waals surface area contributed by atoms with E-state index >= 15 is 0 Å². The van der Waals surface area contributed by atoms with Crippen LogP contribution < -0.4 is 0 Å². The number of hydrogen-bond acceptors (Lipinski definition) is 2. The van der Waals surface area contributed by atoms with E-state index < -0.39 is 6.43 Å². The van der Waals surface area contributed by atoms with E-state index in [0.717, 1.165) is 25.7 Å². The minimum absolute atomic E-state index is 0.0254. The average molecular weight is 289 g/mol. The van der Waals surface area contributed by atoms with E-state index in [1.54, 1.807) is 0 Å². The molecule has 5 heteroatoms. The van der Waals surface area contributed by atoms with Gasteiger partial charge in [0.25, 0.3) is 6.43 Å². The number of halogens is 3. The van der Waals surface area contributed by atoms with Crippen LogP contribution in [0.15, 0.2) is 6.20 Å². The van der Waals surface area contributed by atoms with E-state index in [-0.39, 0.29) is 17.5 Å². The van der Waals surface area contributed by atoms with Gasteiger partial charge in [-0.05, 0) is 31.1 Å². The highest BCUT2D eigenvalue weighted by molar-refractivity contribution is 6.17. The molecular weight excluding hydrogens is 270 g/mol. The van der Waals surface area contributed by atoms with Gasteiger partial charge in [-0.15, -0.1) is 11.6 Å². The summed E-state index contributed by atoms with van der Waals surface area (Å²) < 4.78 is 25.9. The molecule has 2 rings (SSSR count). The van der Waals surface area contributed by atoms with E-state index in [1.165, 1.54) is 6.20 Å². The first kappa shape index (κ1) is 14.6. The predicted octanol–water partition coefficient (Wildman–Crippen LogP) is 4.84. The number of hydrogen-bond donors (Lipinski definition) is 0. The van der Waals surface area contributed by atoms with Gasteiger partial charge in [0.05, 0.1) is 5.88 Å². The van der Waals surface area contributed by atoms with Crippen LogP contribution in [0.2, 0.25) is 0 Å². The Hall–Kier alpha value is -0.770. The molecule has 0 radical (unpaired) electrons. The van der Waals surface area contributed by atoms with Crippen LogP contribution in [0.5, 0.6) is 0 Å². The van der Waals surface area contributed by atoms with E-state index in [1.807, 2.05) is 0 Å². The molecule has 0 aliphatic heterocycles. The average Bonchev–Trinajstić information content (AvgIpc) is 2.38. The molecule has 0 bridgehead atoms. The van der Waals surface area contributed by atoms with Crippen molar-refractivity contribution in [3.63, 3.8) is 0 Å². The van der Waals surface area contributed by atoms with Gasteiger partial charge in [-0.25, -0.2) is 18.7 Å².